The maximum atomic E-state index is 11.3. The first-order chi connectivity index (χ1) is 6.25. The number of sulfonamides is 1. The molecule has 0 amide bonds. The Hall–Kier alpha value is 0.0900. The zero-order chi connectivity index (χ0) is 11.1. The van der Waals surface area contributed by atoms with E-state index >= 15 is 0 Å². The standard InChI is InChI=1S/C8H9Br2NO2S/c1-4-3-5(2)7(10)8(6(4)9)14(11,12)13/h3H,1-2H3,(H2,11,12,13). The van der Waals surface area contributed by atoms with Crippen LogP contribution in [-0.2, 0) is 10.0 Å². The summed E-state index contributed by atoms with van der Waals surface area (Å²) in [4.78, 5) is 0.106. The van der Waals surface area contributed by atoms with E-state index in [1.165, 1.54) is 0 Å². The maximum absolute atomic E-state index is 11.3. The summed E-state index contributed by atoms with van der Waals surface area (Å²) >= 11 is 6.42. The van der Waals surface area contributed by atoms with Gasteiger partial charge in [0.05, 0.1) is 0 Å². The van der Waals surface area contributed by atoms with E-state index in [2.05, 4.69) is 31.9 Å². The molecule has 0 aliphatic rings. The molecule has 14 heavy (non-hydrogen) atoms. The van der Waals surface area contributed by atoms with Crippen molar-refractivity contribution in [2.45, 2.75) is 18.7 Å². The number of hydrogen-bond acceptors (Lipinski definition) is 2. The van der Waals surface area contributed by atoms with Gasteiger partial charge in [-0.15, -0.1) is 0 Å². The fraction of sp³-hybridized carbons (Fsp3) is 0.250. The average molecular weight is 343 g/mol. The second-order valence-electron chi connectivity index (χ2n) is 3.01. The molecule has 6 heteroatoms. The molecule has 0 fully saturated rings. The van der Waals surface area contributed by atoms with Crippen molar-refractivity contribution in [3.8, 4) is 0 Å². The Kier molecular flexibility index (Phi) is 3.41. The van der Waals surface area contributed by atoms with Crippen LogP contribution < -0.4 is 5.14 Å². The predicted octanol–water partition coefficient (Wildman–Crippen LogP) is 2.48. The third kappa shape index (κ3) is 2.18. The summed E-state index contributed by atoms with van der Waals surface area (Å²) in [6.45, 7) is 3.64. The molecule has 0 spiro atoms. The van der Waals surface area contributed by atoms with Crippen LogP contribution in [-0.4, -0.2) is 8.42 Å². The van der Waals surface area contributed by atoms with Crippen molar-refractivity contribution < 1.29 is 8.42 Å². The van der Waals surface area contributed by atoms with Crippen LogP contribution in [0.3, 0.4) is 0 Å². The molecule has 1 rings (SSSR count). The summed E-state index contributed by atoms with van der Waals surface area (Å²) in [5.41, 5.74) is 1.68. The lowest BCUT2D eigenvalue weighted by Crippen LogP contribution is -2.14. The number of aryl methyl sites for hydroxylation is 2. The molecule has 0 atom stereocenters. The summed E-state index contributed by atoms with van der Waals surface area (Å²) in [6, 6.07) is 1.88. The molecule has 0 saturated carbocycles. The van der Waals surface area contributed by atoms with Crippen LogP contribution in [0.5, 0.6) is 0 Å². The minimum absolute atomic E-state index is 0.106. The molecule has 0 aliphatic heterocycles. The van der Waals surface area contributed by atoms with Gasteiger partial charge in [0.15, 0.2) is 0 Å². The van der Waals surface area contributed by atoms with Crippen molar-refractivity contribution in [1.29, 1.82) is 0 Å². The Bertz CT molecular complexity index is 456. The summed E-state index contributed by atoms with van der Waals surface area (Å²) in [7, 11) is -3.70. The molecule has 3 nitrogen and oxygen atoms in total. The van der Waals surface area contributed by atoms with Crippen molar-refractivity contribution in [2.24, 2.45) is 5.14 Å². The Labute approximate surface area is 100.0 Å². The highest BCUT2D eigenvalue weighted by Crippen LogP contribution is 2.34. The van der Waals surface area contributed by atoms with E-state index < -0.39 is 10.0 Å². The van der Waals surface area contributed by atoms with E-state index in [4.69, 9.17) is 5.14 Å². The van der Waals surface area contributed by atoms with Gasteiger partial charge in [0, 0.05) is 8.95 Å². The van der Waals surface area contributed by atoms with Crippen LogP contribution in [0.15, 0.2) is 19.9 Å². The number of primary sulfonamides is 1. The molecule has 0 heterocycles. The second-order valence-corrected chi connectivity index (χ2v) is 6.10. The monoisotopic (exact) mass is 341 g/mol. The van der Waals surface area contributed by atoms with Gasteiger partial charge < -0.3 is 0 Å². The fourth-order valence-corrected chi connectivity index (χ4v) is 4.22. The fourth-order valence-electron chi connectivity index (χ4n) is 1.16. The molecule has 0 radical (unpaired) electrons. The maximum Gasteiger partial charge on any atom is 0.240 e. The molecule has 78 valence electrons. The quantitative estimate of drug-likeness (QED) is 0.852. The van der Waals surface area contributed by atoms with Crippen LogP contribution in [0.1, 0.15) is 11.1 Å². The topological polar surface area (TPSA) is 60.2 Å². The lowest BCUT2D eigenvalue weighted by molar-refractivity contribution is 0.596. The summed E-state index contributed by atoms with van der Waals surface area (Å²) in [5, 5.41) is 5.11. The molecule has 0 aliphatic carbocycles. The highest BCUT2D eigenvalue weighted by atomic mass is 79.9. The van der Waals surface area contributed by atoms with Gasteiger partial charge in [-0.05, 0) is 56.8 Å². The molecule has 2 N–H and O–H groups in total. The van der Waals surface area contributed by atoms with Crippen molar-refractivity contribution in [2.75, 3.05) is 0 Å². The van der Waals surface area contributed by atoms with Gasteiger partial charge in [-0.2, -0.15) is 0 Å². The largest absolute Gasteiger partial charge is 0.240 e. The Balaban J connectivity index is 3.74. The third-order valence-electron chi connectivity index (χ3n) is 1.81. The number of rotatable bonds is 1. The second kappa shape index (κ2) is 3.92. The van der Waals surface area contributed by atoms with Gasteiger partial charge >= 0.3 is 0 Å². The molecule has 0 saturated heterocycles. The first kappa shape index (κ1) is 12.2. The zero-order valence-corrected chi connectivity index (χ0v) is 11.6. The molecular weight excluding hydrogens is 334 g/mol. The van der Waals surface area contributed by atoms with Crippen LogP contribution in [0.2, 0.25) is 0 Å². The summed E-state index contributed by atoms with van der Waals surface area (Å²) < 4.78 is 23.6. The van der Waals surface area contributed by atoms with Gasteiger partial charge in [-0.25, -0.2) is 13.6 Å². The highest BCUT2D eigenvalue weighted by molar-refractivity contribution is 9.11. The lowest BCUT2D eigenvalue weighted by atomic mass is 10.2. The van der Waals surface area contributed by atoms with E-state index in [0.717, 1.165) is 11.1 Å². The Morgan fingerprint density at radius 1 is 1.14 bits per heavy atom. The van der Waals surface area contributed by atoms with Crippen molar-refractivity contribution >= 4 is 41.9 Å². The molecular formula is C8H9Br2NO2S. The molecule has 1 aromatic rings. The number of benzene rings is 1. The third-order valence-corrected chi connectivity index (χ3v) is 5.35. The first-order valence-corrected chi connectivity index (χ1v) is 6.86. The number of hydrogen-bond donors (Lipinski definition) is 1. The average Bonchev–Trinajstić information content (AvgIpc) is 1.98. The SMILES string of the molecule is Cc1cc(C)c(Br)c(S(N)(=O)=O)c1Br. The van der Waals surface area contributed by atoms with E-state index in [9.17, 15) is 8.42 Å². The normalized spacial score (nSPS) is 11.8. The smallest absolute Gasteiger partial charge is 0.225 e. The van der Waals surface area contributed by atoms with Crippen LogP contribution >= 0.6 is 31.9 Å². The van der Waals surface area contributed by atoms with Gasteiger partial charge in [0.1, 0.15) is 4.90 Å². The van der Waals surface area contributed by atoms with Gasteiger partial charge in [-0.1, -0.05) is 6.07 Å². The minimum Gasteiger partial charge on any atom is -0.225 e. The minimum atomic E-state index is -3.70. The Morgan fingerprint density at radius 2 is 1.50 bits per heavy atom. The molecule has 1 aromatic carbocycles. The van der Waals surface area contributed by atoms with E-state index in [1.54, 1.807) is 0 Å². The molecule has 0 aromatic heterocycles. The van der Waals surface area contributed by atoms with Crippen LogP contribution in [0.4, 0.5) is 0 Å². The van der Waals surface area contributed by atoms with E-state index in [-0.39, 0.29) is 4.90 Å². The molecule has 0 unspecified atom stereocenters. The summed E-state index contributed by atoms with van der Waals surface area (Å²) in [6.07, 6.45) is 0. The van der Waals surface area contributed by atoms with Crippen molar-refractivity contribution in [3.05, 3.63) is 26.1 Å². The number of halogens is 2. The van der Waals surface area contributed by atoms with E-state index in [1.807, 2.05) is 19.9 Å². The molecule has 0 bridgehead atoms. The van der Waals surface area contributed by atoms with Crippen molar-refractivity contribution in [3.63, 3.8) is 0 Å². The summed E-state index contributed by atoms with van der Waals surface area (Å²) in [5.74, 6) is 0. The first-order valence-electron chi connectivity index (χ1n) is 3.73. The van der Waals surface area contributed by atoms with Gasteiger partial charge in [0.25, 0.3) is 0 Å². The van der Waals surface area contributed by atoms with Gasteiger partial charge in [-0.3, -0.25) is 0 Å². The number of nitrogens with two attached hydrogens (primary N) is 1. The van der Waals surface area contributed by atoms with Gasteiger partial charge in [0.2, 0.25) is 10.0 Å². The highest BCUT2D eigenvalue weighted by Gasteiger charge is 2.19. The predicted molar refractivity (Wildman–Crippen MR) is 62.7 cm³/mol. The van der Waals surface area contributed by atoms with Crippen molar-refractivity contribution in [1.82, 2.24) is 0 Å². The van der Waals surface area contributed by atoms with Crippen LogP contribution in [0.25, 0.3) is 0 Å². The Morgan fingerprint density at radius 3 is 1.79 bits per heavy atom. The lowest BCUT2D eigenvalue weighted by Gasteiger charge is -2.10. The zero-order valence-electron chi connectivity index (χ0n) is 7.64. The van der Waals surface area contributed by atoms with E-state index in [0.29, 0.717) is 8.95 Å². The van der Waals surface area contributed by atoms with Crippen LogP contribution in [0, 0.1) is 13.8 Å².